The first-order chi connectivity index (χ1) is 25.4. The third-order valence-corrected chi connectivity index (χ3v) is 11.1. The predicted octanol–water partition coefficient (Wildman–Crippen LogP) is 5.60. The zero-order valence-corrected chi connectivity index (χ0v) is 30.4. The molecule has 0 saturated heterocycles. The van der Waals surface area contributed by atoms with Crippen LogP contribution in [0.2, 0.25) is 0 Å². The Balaban J connectivity index is 0.000000164. The van der Waals surface area contributed by atoms with E-state index in [1.165, 1.54) is 30.5 Å². The minimum atomic E-state index is -4.36. The minimum Gasteiger partial charge on any atom is -0.489 e. The van der Waals surface area contributed by atoms with Gasteiger partial charge in [0, 0.05) is 12.5 Å². The monoisotopic (exact) mass is 764 g/mol. The van der Waals surface area contributed by atoms with Crippen molar-refractivity contribution in [2.45, 2.75) is 55.1 Å². The van der Waals surface area contributed by atoms with Crippen LogP contribution < -0.4 is 29.1 Å². The molecule has 8 rings (SSSR count). The van der Waals surface area contributed by atoms with E-state index in [4.69, 9.17) is 32.3 Å². The Morgan fingerprint density at radius 3 is 2.25 bits per heavy atom. The van der Waals surface area contributed by atoms with Crippen LogP contribution in [0.15, 0.2) is 98.1 Å². The van der Waals surface area contributed by atoms with Crippen molar-refractivity contribution in [1.82, 2.24) is 0 Å². The lowest BCUT2D eigenvalue weighted by Crippen LogP contribution is -2.34. The van der Waals surface area contributed by atoms with Crippen molar-refractivity contribution >= 4 is 31.2 Å². The Morgan fingerprint density at radius 1 is 0.774 bits per heavy atom. The Labute approximate surface area is 305 Å². The fourth-order valence-electron chi connectivity index (χ4n) is 6.19. The van der Waals surface area contributed by atoms with Crippen LogP contribution in [0.5, 0.6) is 28.7 Å². The van der Waals surface area contributed by atoms with Crippen LogP contribution in [0.25, 0.3) is 11.0 Å². The average molecular weight is 765 g/mol. The maximum Gasteiger partial charge on any atom is 0.297 e. The minimum absolute atomic E-state index is 0.126. The third kappa shape index (κ3) is 7.98. The first-order valence-electron chi connectivity index (χ1n) is 16.8. The highest BCUT2D eigenvalue weighted by Gasteiger charge is 2.30. The Morgan fingerprint density at radius 2 is 1.47 bits per heavy atom. The summed E-state index contributed by atoms with van der Waals surface area (Å²) in [5.41, 5.74) is 3.42. The SMILES string of the molecule is Cc1ccc(S(=O)(=O)O)c(C[C@@H]2COc3ccc4c(=O)ccoc4c3O2)c1.Cc1ccc(S(=O)(=O)OCC2COc3ccc4c(c3O2)OCCC4)cc1. The molecule has 0 spiro atoms. The summed E-state index contributed by atoms with van der Waals surface area (Å²) in [7, 11) is -8.20. The van der Waals surface area contributed by atoms with Crippen molar-refractivity contribution in [3.8, 4) is 28.7 Å². The molecule has 1 N–H and O–H groups in total. The second-order valence-corrected chi connectivity index (χ2v) is 15.8. The zero-order chi connectivity index (χ0) is 37.3. The van der Waals surface area contributed by atoms with Crippen molar-refractivity contribution in [3.63, 3.8) is 0 Å². The summed E-state index contributed by atoms with van der Waals surface area (Å²) in [4.78, 5) is 11.9. The number of aryl methyl sites for hydroxylation is 3. The van der Waals surface area contributed by atoms with Crippen molar-refractivity contribution in [2.75, 3.05) is 26.4 Å². The van der Waals surface area contributed by atoms with Gasteiger partial charge < -0.3 is 28.1 Å². The molecule has 0 fully saturated rings. The van der Waals surface area contributed by atoms with Gasteiger partial charge in [0.2, 0.25) is 11.5 Å². The van der Waals surface area contributed by atoms with Gasteiger partial charge in [0.25, 0.3) is 20.2 Å². The smallest absolute Gasteiger partial charge is 0.297 e. The Bertz CT molecular complexity index is 2440. The Hall–Kier alpha value is -5.09. The summed E-state index contributed by atoms with van der Waals surface area (Å²) < 4.78 is 97.1. The van der Waals surface area contributed by atoms with Crippen molar-refractivity contribution < 1.29 is 53.7 Å². The lowest BCUT2D eigenvalue weighted by molar-refractivity contribution is 0.0510. The lowest BCUT2D eigenvalue weighted by Gasteiger charge is -2.30. The molecule has 0 amide bonds. The highest BCUT2D eigenvalue weighted by molar-refractivity contribution is 7.86. The molecule has 5 aromatic rings. The largest absolute Gasteiger partial charge is 0.489 e. The molecule has 4 aromatic carbocycles. The summed E-state index contributed by atoms with van der Waals surface area (Å²) in [6.07, 6.45) is 2.33. The highest BCUT2D eigenvalue weighted by Crippen LogP contribution is 2.45. The molecule has 2 atom stereocenters. The van der Waals surface area contributed by atoms with Crippen molar-refractivity contribution in [1.29, 1.82) is 0 Å². The molecule has 4 heterocycles. The number of hydrogen-bond donors (Lipinski definition) is 1. The van der Waals surface area contributed by atoms with E-state index < -0.39 is 32.4 Å². The van der Waals surface area contributed by atoms with Crippen LogP contribution in [-0.4, -0.2) is 60.0 Å². The molecular formula is C38H36O13S2. The maximum absolute atomic E-state index is 12.3. The second kappa shape index (κ2) is 14.7. The molecule has 53 heavy (non-hydrogen) atoms. The van der Waals surface area contributed by atoms with Gasteiger partial charge in [0.15, 0.2) is 34.4 Å². The van der Waals surface area contributed by atoms with Gasteiger partial charge in [-0.25, -0.2) is 0 Å². The lowest BCUT2D eigenvalue weighted by atomic mass is 10.0. The van der Waals surface area contributed by atoms with Gasteiger partial charge in [-0.3, -0.25) is 13.5 Å². The van der Waals surface area contributed by atoms with Crippen LogP contribution in [0.4, 0.5) is 0 Å². The summed E-state index contributed by atoms with van der Waals surface area (Å²) in [5, 5.41) is 0.370. The Kier molecular flexibility index (Phi) is 10.1. The van der Waals surface area contributed by atoms with Gasteiger partial charge in [-0.1, -0.05) is 41.5 Å². The van der Waals surface area contributed by atoms with Gasteiger partial charge in [-0.2, -0.15) is 16.8 Å². The molecule has 0 saturated carbocycles. The molecule has 0 bridgehead atoms. The number of benzene rings is 4. The van der Waals surface area contributed by atoms with Crippen molar-refractivity contribution in [3.05, 3.63) is 112 Å². The van der Waals surface area contributed by atoms with Crippen LogP contribution in [-0.2, 0) is 37.3 Å². The number of rotatable bonds is 7. The van der Waals surface area contributed by atoms with Crippen LogP contribution in [0.1, 0.15) is 28.7 Å². The molecule has 278 valence electrons. The summed E-state index contributed by atoms with van der Waals surface area (Å²) >= 11 is 0. The highest BCUT2D eigenvalue weighted by atomic mass is 32.2. The topological polar surface area (TPSA) is 174 Å². The molecule has 3 aliphatic heterocycles. The molecule has 0 radical (unpaired) electrons. The van der Waals surface area contributed by atoms with Crippen molar-refractivity contribution in [2.24, 2.45) is 0 Å². The first kappa shape index (κ1) is 36.3. The van der Waals surface area contributed by atoms with E-state index >= 15 is 0 Å². The fourth-order valence-corrected chi connectivity index (χ4v) is 7.84. The summed E-state index contributed by atoms with van der Waals surface area (Å²) in [6.45, 7) is 4.64. The zero-order valence-electron chi connectivity index (χ0n) is 28.8. The standard InChI is InChI=1S/C19H16O7S.C19H20O6S/c1-11-2-5-17(27(21,22)23)12(8-11)9-13-10-25-16-4-3-14-15(20)6-7-24-18(14)19(16)26-13;1-13-4-7-16(8-5-13)26(20,21)24-12-15-11-23-17-9-6-14-3-2-10-22-18(14)19(17)25-15/h2-8,13H,9-10H2,1H3,(H,21,22,23);4-9,15H,2-3,10-12H2,1H3/t13-;/m1./s1. The van der Waals surface area contributed by atoms with Gasteiger partial charge >= 0.3 is 0 Å². The molecule has 1 unspecified atom stereocenters. The first-order valence-corrected chi connectivity index (χ1v) is 19.7. The van der Waals surface area contributed by atoms with E-state index in [2.05, 4.69) is 0 Å². The number of hydrogen-bond acceptors (Lipinski definition) is 12. The quantitative estimate of drug-likeness (QED) is 0.161. The van der Waals surface area contributed by atoms with E-state index in [1.807, 2.05) is 26.0 Å². The maximum atomic E-state index is 12.3. The molecule has 13 nitrogen and oxygen atoms in total. The summed E-state index contributed by atoms with van der Waals surface area (Å²) in [5.74, 6) is 2.60. The molecule has 1 aromatic heterocycles. The van der Waals surface area contributed by atoms with Gasteiger partial charge in [-0.15, -0.1) is 0 Å². The van der Waals surface area contributed by atoms with Gasteiger partial charge in [-0.05, 0) is 74.2 Å². The molecule has 0 aliphatic carbocycles. The van der Waals surface area contributed by atoms with E-state index in [-0.39, 0.29) is 47.0 Å². The van der Waals surface area contributed by atoms with E-state index in [9.17, 15) is 26.2 Å². The van der Waals surface area contributed by atoms with Gasteiger partial charge in [0.05, 0.1) is 28.0 Å². The third-order valence-electron chi connectivity index (χ3n) is 8.82. The van der Waals surface area contributed by atoms with E-state index in [1.54, 1.807) is 36.4 Å². The molecule has 3 aliphatic rings. The normalized spacial score (nSPS) is 17.6. The van der Waals surface area contributed by atoms with E-state index in [0.717, 1.165) is 29.5 Å². The van der Waals surface area contributed by atoms with Crippen LogP contribution >= 0.6 is 0 Å². The van der Waals surface area contributed by atoms with E-state index in [0.29, 0.717) is 46.3 Å². The molecule has 15 heteroatoms. The fraction of sp³-hybridized carbons (Fsp3) is 0.289. The average Bonchev–Trinajstić information content (AvgIpc) is 3.14. The number of ether oxygens (including phenoxy) is 5. The van der Waals surface area contributed by atoms with Crippen LogP contribution in [0, 0.1) is 13.8 Å². The second-order valence-electron chi connectivity index (χ2n) is 12.8. The molecular weight excluding hydrogens is 729 g/mol. The summed E-state index contributed by atoms with van der Waals surface area (Å²) in [6, 6.07) is 19.6. The van der Waals surface area contributed by atoms with Gasteiger partial charge in [0.1, 0.15) is 25.9 Å². The van der Waals surface area contributed by atoms with Crippen LogP contribution in [0.3, 0.4) is 0 Å². The number of fused-ring (bicyclic) bond motifs is 6. The predicted molar refractivity (Wildman–Crippen MR) is 192 cm³/mol.